The summed E-state index contributed by atoms with van der Waals surface area (Å²) in [6.45, 7) is 8.80. The van der Waals surface area contributed by atoms with E-state index < -0.39 is 0 Å². The molecule has 0 radical (unpaired) electrons. The first-order valence-corrected chi connectivity index (χ1v) is 4.48. The molecule has 0 bridgehead atoms. The fraction of sp³-hybridized carbons (Fsp3) is 0.800. The molecule has 0 aromatic heterocycles. The van der Waals surface area contributed by atoms with Crippen molar-refractivity contribution in [2.45, 2.75) is 40.5 Å². The van der Waals surface area contributed by atoms with E-state index in [1.165, 1.54) is 6.42 Å². The average Bonchev–Trinajstić information content (AvgIpc) is 1.99. The van der Waals surface area contributed by atoms with Crippen LogP contribution in [0.3, 0.4) is 0 Å². The zero-order valence-electron chi connectivity index (χ0n) is 8.22. The second-order valence-corrected chi connectivity index (χ2v) is 3.62. The Morgan fingerprint density at radius 3 is 2.27 bits per heavy atom. The number of hydrogen-bond donors (Lipinski definition) is 1. The first-order valence-electron chi connectivity index (χ1n) is 4.48. The molecule has 1 unspecified atom stereocenters. The van der Waals surface area contributed by atoms with Gasteiger partial charge >= 0.3 is 0 Å². The van der Waals surface area contributed by atoms with Gasteiger partial charge in [-0.15, -0.1) is 0 Å². The number of hydrogen-bond acceptors (Lipinski definition) is 1. The summed E-state index contributed by atoms with van der Waals surface area (Å²) in [5, 5.41) is 0. The van der Waals surface area contributed by atoms with E-state index in [-0.39, 0.29) is 0 Å². The van der Waals surface area contributed by atoms with E-state index in [0.29, 0.717) is 0 Å². The minimum atomic E-state index is 0.777. The fourth-order valence-electron chi connectivity index (χ4n) is 0.872. The van der Waals surface area contributed by atoms with Gasteiger partial charge in [-0.3, -0.25) is 0 Å². The van der Waals surface area contributed by atoms with Crippen molar-refractivity contribution in [3.05, 3.63) is 11.8 Å². The number of allylic oxidation sites excluding steroid dienone is 2. The second kappa shape index (κ2) is 5.22. The van der Waals surface area contributed by atoms with Gasteiger partial charge in [0.05, 0.1) is 0 Å². The summed E-state index contributed by atoms with van der Waals surface area (Å²) < 4.78 is 0. The molecular formula is C10H21N. The van der Waals surface area contributed by atoms with Gasteiger partial charge in [0.15, 0.2) is 0 Å². The van der Waals surface area contributed by atoms with Crippen molar-refractivity contribution in [3.63, 3.8) is 0 Å². The van der Waals surface area contributed by atoms with E-state index >= 15 is 0 Å². The van der Waals surface area contributed by atoms with Gasteiger partial charge in [-0.2, -0.15) is 0 Å². The quantitative estimate of drug-likeness (QED) is 0.663. The van der Waals surface area contributed by atoms with Crippen LogP contribution in [-0.4, -0.2) is 0 Å². The third-order valence-electron chi connectivity index (χ3n) is 2.40. The Morgan fingerprint density at radius 1 is 1.36 bits per heavy atom. The minimum absolute atomic E-state index is 0.777. The topological polar surface area (TPSA) is 26.0 Å². The highest BCUT2D eigenvalue weighted by Crippen LogP contribution is 2.17. The third kappa shape index (κ3) is 4.88. The normalized spacial score (nSPS) is 15.5. The van der Waals surface area contributed by atoms with Crippen molar-refractivity contribution in [2.75, 3.05) is 0 Å². The molecule has 1 heteroatoms. The Bertz CT molecular complexity index is 125. The van der Waals surface area contributed by atoms with Gasteiger partial charge in [0.2, 0.25) is 0 Å². The molecular weight excluding hydrogens is 134 g/mol. The molecule has 0 aliphatic heterocycles. The second-order valence-electron chi connectivity index (χ2n) is 3.62. The monoisotopic (exact) mass is 155 g/mol. The van der Waals surface area contributed by atoms with Gasteiger partial charge in [0.25, 0.3) is 0 Å². The predicted octanol–water partition coefficient (Wildman–Crippen LogP) is 2.92. The van der Waals surface area contributed by atoms with Crippen LogP contribution in [0.4, 0.5) is 0 Å². The van der Waals surface area contributed by atoms with Gasteiger partial charge in [0.1, 0.15) is 0 Å². The first kappa shape index (κ1) is 10.5. The van der Waals surface area contributed by atoms with Crippen molar-refractivity contribution in [3.8, 4) is 0 Å². The summed E-state index contributed by atoms with van der Waals surface area (Å²) in [6, 6.07) is 0. The van der Waals surface area contributed by atoms with Crippen LogP contribution in [0.1, 0.15) is 40.5 Å². The Balaban J connectivity index is 3.54. The zero-order chi connectivity index (χ0) is 8.85. The first-order chi connectivity index (χ1) is 5.07. The van der Waals surface area contributed by atoms with Crippen molar-refractivity contribution in [1.82, 2.24) is 0 Å². The van der Waals surface area contributed by atoms with E-state index in [2.05, 4.69) is 20.8 Å². The summed E-state index contributed by atoms with van der Waals surface area (Å²) in [4.78, 5) is 0. The Hall–Kier alpha value is -0.460. The lowest BCUT2D eigenvalue weighted by atomic mass is 9.93. The van der Waals surface area contributed by atoms with Crippen molar-refractivity contribution >= 4 is 0 Å². The summed E-state index contributed by atoms with van der Waals surface area (Å²) in [5.74, 6) is 1.56. The van der Waals surface area contributed by atoms with Crippen LogP contribution in [0.2, 0.25) is 0 Å². The smallest absolute Gasteiger partial charge is 0.00372 e. The molecule has 0 saturated heterocycles. The van der Waals surface area contributed by atoms with Crippen molar-refractivity contribution in [2.24, 2.45) is 17.6 Å². The van der Waals surface area contributed by atoms with Crippen LogP contribution in [0.5, 0.6) is 0 Å². The molecule has 0 saturated carbocycles. The van der Waals surface area contributed by atoms with Crippen LogP contribution in [0, 0.1) is 11.8 Å². The number of nitrogens with two attached hydrogens (primary N) is 1. The summed E-state index contributed by atoms with van der Waals surface area (Å²) in [7, 11) is 0. The molecule has 0 aromatic carbocycles. The highest BCUT2D eigenvalue weighted by Gasteiger charge is 2.06. The molecule has 0 amide bonds. The van der Waals surface area contributed by atoms with Gasteiger partial charge in [-0.05, 0) is 31.6 Å². The maximum Gasteiger partial charge on any atom is 0.00372 e. The zero-order valence-corrected chi connectivity index (χ0v) is 8.22. The third-order valence-corrected chi connectivity index (χ3v) is 2.40. The predicted molar refractivity (Wildman–Crippen MR) is 51.2 cm³/mol. The van der Waals surface area contributed by atoms with E-state index in [1.54, 1.807) is 0 Å². The standard InChI is InChI=1S/C10H21N/c1-5-10(11)7-6-9(4)8(2)3/h5,8-9H,6-7,11H2,1-4H3/b10-5+. The fourth-order valence-corrected chi connectivity index (χ4v) is 0.872. The van der Waals surface area contributed by atoms with Crippen LogP contribution < -0.4 is 5.73 Å². The minimum Gasteiger partial charge on any atom is -0.402 e. The Kier molecular flexibility index (Phi) is 5.01. The average molecular weight is 155 g/mol. The molecule has 0 rings (SSSR count). The van der Waals surface area contributed by atoms with E-state index in [9.17, 15) is 0 Å². The molecule has 1 atom stereocenters. The molecule has 0 aromatic rings. The lowest BCUT2D eigenvalue weighted by Gasteiger charge is -2.14. The molecule has 1 nitrogen and oxygen atoms in total. The van der Waals surface area contributed by atoms with Gasteiger partial charge in [0, 0.05) is 5.70 Å². The maximum atomic E-state index is 5.68. The van der Waals surface area contributed by atoms with Crippen LogP contribution in [0.25, 0.3) is 0 Å². The molecule has 11 heavy (non-hydrogen) atoms. The SMILES string of the molecule is C/C=C(/N)CCC(C)C(C)C. The lowest BCUT2D eigenvalue weighted by Crippen LogP contribution is -2.06. The molecule has 0 aliphatic rings. The van der Waals surface area contributed by atoms with Gasteiger partial charge in [-0.1, -0.05) is 26.8 Å². The summed E-state index contributed by atoms with van der Waals surface area (Å²) in [5.41, 5.74) is 6.71. The highest BCUT2D eigenvalue weighted by molar-refractivity contribution is 4.93. The van der Waals surface area contributed by atoms with Gasteiger partial charge in [-0.25, -0.2) is 0 Å². The molecule has 66 valence electrons. The molecule has 0 spiro atoms. The Labute approximate surface area is 70.7 Å². The van der Waals surface area contributed by atoms with E-state index in [0.717, 1.165) is 24.0 Å². The molecule has 2 N–H and O–H groups in total. The molecule has 0 heterocycles. The summed E-state index contributed by atoms with van der Waals surface area (Å²) >= 11 is 0. The van der Waals surface area contributed by atoms with E-state index in [4.69, 9.17) is 5.73 Å². The number of rotatable bonds is 4. The van der Waals surface area contributed by atoms with Crippen molar-refractivity contribution in [1.29, 1.82) is 0 Å². The van der Waals surface area contributed by atoms with E-state index in [1.807, 2.05) is 13.0 Å². The Morgan fingerprint density at radius 2 is 1.91 bits per heavy atom. The van der Waals surface area contributed by atoms with Gasteiger partial charge < -0.3 is 5.73 Å². The lowest BCUT2D eigenvalue weighted by molar-refractivity contribution is 0.392. The van der Waals surface area contributed by atoms with Crippen LogP contribution >= 0.6 is 0 Å². The maximum absolute atomic E-state index is 5.68. The highest BCUT2D eigenvalue weighted by atomic mass is 14.6. The summed E-state index contributed by atoms with van der Waals surface area (Å²) in [6.07, 6.45) is 4.26. The van der Waals surface area contributed by atoms with Crippen LogP contribution in [-0.2, 0) is 0 Å². The van der Waals surface area contributed by atoms with Crippen molar-refractivity contribution < 1.29 is 0 Å². The molecule has 0 aliphatic carbocycles. The molecule has 0 fully saturated rings. The van der Waals surface area contributed by atoms with Crippen LogP contribution in [0.15, 0.2) is 11.8 Å². The largest absolute Gasteiger partial charge is 0.402 e.